The Morgan fingerprint density at radius 3 is 2.63 bits per heavy atom. The highest BCUT2D eigenvalue weighted by Gasteiger charge is 2.31. The van der Waals surface area contributed by atoms with Gasteiger partial charge in [0.2, 0.25) is 10.0 Å². The molecule has 0 aromatic heterocycles. The first-order chi connectivity index (χ1) is 8.99. The Balaban J connectivity index is 1.95. The molecule has 1 saturated heterocycles. The first-order valence-corrected chi connectivity index (χ1v) is 8.69. The van der Waals surface area contributed by atoms with Crippen molar-refractivity contribution in [2.24, 2.45) is 5.92 Å². The second kappa shape index (κ2) is 6.25. The van der Waals surface area contributed by atoms with Crippen molar-refractivity contribution in [1.82, 2.24) is 4.31 Å². The van der Waals surface area contributed by atoms with Gasteiger partial charge in [0, 0.05) is 18.5 Å². The summed E-state index contributed by atoms with van der Waals surface area (Å²) in [6.45, 7) is 3.11. The fourth-order valence-electron chi connectivity index (χ4n) is 2.35. The molecular weight excluding hydrogens is 282 g/mol. The van der Waals surface area contributed by atoms with Gasteiger partial charge in [-0.25, -0.2) is 12.7 Å². The van der Waals surface area contributed by atoms with Crippen LogP contribution in [0.15, 0.2) is 30.3 Å². The van der Waals surface area contributed by atoms with Crippen molar-refractivity contribution in [2.75, 3.05) is 18.8 Å². The molecule has 0 bridgehead atoms. The lowest BCUT2D eigenvalue weighted by Crippen LogP contribution is -2.44. The Morgan fingerprint density at radius 1 is 1.32 bits per heavy atom. The lowest BCUT2D eigenvalue weighted by molar-refractivity contribution is 0.286. The minimum Gasteiger partial charge on any atom is -0.212 e. The van der Waals surface area contributed by atoms with Crippen LogP contribution < -0.4 is 0 Å². The van der Waals surface area contributed by atoms with E-state index >= 15 is 0 Å². The molecule has 1 aromatic carbocycles. The van der Waals surface area contributed by atoms with Crippen LogP contribution in [0.5, 0.6) is 0 Å². The summed E-state index contributed by atoms with van der Waals surface area (Å²) in [7, 11) is -3.16. The van der Waals surface area contributed by atoms with Crippen molar-refractivity contribution >= 4 is 21.6 Å². The summed E-state index contributed by atoms with van der Waals surface area (Å²) < 4.78 is 26.2. The molecule has 0 amide bonds. The maximum absolute atomic E-state index is 12.3. The highest BCUT2D eigenvalue weighted by molar-refractivity contribution is 7.89. The number of benzene rings is 1. The van der Waals surface area contributed by atoms with Crippen molar-refractivity contribution in [3.05, 3.63) is 35.9 Å². The van der Waals surface area contributed by atoms with Gasteiger partial charge in [0.15, 0.2) is 0 Å². The topological polar surface area (TPSA) is 37.4 Å². The fourth-order valence-corrected chi connectivity index (χ4v) is 4.13. The number of halogens is 1. The minimum atomic E-state index is -3.16. The first-order valence-electron chi connectivity index (χ1n) is 6.65. The second-order valence-corrected chi connectivity index (χ2v) is 7.84. The lowest BCUT2D eigenvalue weighted by Gasteiger charge is -2.33. The van der Waals surface area contributed by atoms with Crippen LogP contribution >= 0.6 is 11.6 Å². The summed E-state index contributed by atoms with van der Waals surface area (Å²) in [6.07, 6.45) is 1.31. The van der Waals surface area contributed by atoms with Crippen LogP contribution in [-0.4, -0.2) is 36.9 Å². The van der Waals surface area contributed by atoms with Crippen molar-refractivity contribution in [1.29, 1.82) is 0 Å². The molecule has 2 unspecified atom stereocenters. The Kier molecular flexibility index (Phi) is 4.87. The number of piperidine rings is 1. The van der Waals surface area contributed by atoms with E-state index in [1.54, 1.807) is 4.31 Å². The average Bonchev–Trinajstić information content (AvgIpc) is 2.41. The van der Waals surface area contributed by atoms with Gasteiger partial charge in [-0.1, -0.05) is 37.3 Å². The van der Waals surface area contributed by atoms with Gasteiger partial charge < -0.3 is 0 Å². The number of hydrogen-bond acceptors (Lipinski definition) is 2. The van der Waals surface area contributed by atoms with Gasteiger partial charge >= 0.3 is 0 Å². The summed E-state index contributed by atoms with van der Waals surface area (Å²) in [5.74, 6) is 0.401. The van der Waals surface area contributed by atoms with Gasteiger partial charge in [0.05, 0.1) is 5.75 Å². The van der Waals surface area contributed by atoms with E-state index in [0.29, 0.717) is 19.5 Å². The Hall–Kier alpha value is -0.580. The Bertz CT molecular complexity index is 503. The summed E-state index contributed by atoms with van der Waals surface area (Å²) in [4.78, 5) is 0. The zero-order chi connectivity index (χ0) is 13.9. The summed E-state index contributed by atoms with van der Waals surface area (Å²) >= 11 is 6.13. The maximum Gasteiger partial charge on any atom is 0.214 e. The maximum atomic E-state index is 12.3. The quantitative estimate of drug-likeness (QED) is 0.801. The SMILES string of the molecule is CC1CN(S(=O)(=O)CCc2ccccc2)CCC1Cl. The van der Waals surface area contributed by atoms with Gasteiger partial charge in [0.1, 0.15) is 0 Å². The van der Waals surface area contributed by atoms with Crippen molar-refractivity contribution in [3.63, 3.8) is 0 Å². The minimum absolute atomic E-state index is 0.0978. The van der Waals surface area contributed by atoms with Crippen LogP contribution in [0.25, 0.3) is 0 Å². The molecule has 0 N–H and O–H groups in total. The molecule has 2 rings (SSSR count). The van der Waals surface area contributed by atoms with Gasteiger partial charge in [0.25, 0.3) is 0 Å². The van der Waals surface area contributed by atoms with Crippen molar-refractivity contribution < 1.29 is 8.42 Å². The van der Waals surface area contributed by atoms with Crippen LogP contribution in [0.4, 0.5) is 0 Å². The van der Waals surface area contributed by atoms with E-state index in [4.69, 9.17) is 11.6 Å². The molecular formula is C14H20ClNO2S. The second-order valence-electron chi connectivity index (χ2n) is 5.19. The number of nitrogens with zero attached hydrogens (tertiary/aromatic N) is 1. The third-order valence-electron chi connectivity index (χ3n) is 3.65. The normalized spacial score (nSPS) is 25.4. The zero-order valence-electron chi connectivity index (χ0n) is 11.1. The van der Waals surface area contributed by atoms with Crippen LogP contribution in [0, 0.1) is 5.92 Å². The smallest absolute Gasteiger partial charge is 0.212 e. The average molecular weight is 302 g/mol. The Labute approximate surface area is 120 Å². The summed E-state index contributed by atoms with van der Waals surface area (Å²) in [5.41, 5.74) is 1.06. The molecule has 5 heteroatoms. The monoisotopic (exact) mass is 301 g/mol. The number of aryl methyl sites for hydroxylation is 1. The highest BCUT2D eigenvalue weighted by atomic mass is 35.5. The van der Waals surface area contributed by atoms with Crippen molar-refractivity contribution in [2.45, 2.75) is 25.1 Å². The van der Waals surface area contributed by atoms with Crippen LogP contribution in [-0.2, 0) is 16.4 Å². The van der Waals surface area contributed by atoms with Crippen LogP contribution in [0.1, 0.15) is 18.9 Å². The highest BCUT2D eigenvalue weighted by Crippen LogP contribution is 2.24. The van der Waals surface area contributed by atoms with E-state index in [1.165, 1.54) is 0 Å². The largest absolute Gasteiger partial charge is 0.214 e. The molecule has 3 nitrogen and oxygen atoms in total. The zero-order valence-corrected chi connectivity index (χ0v) is 12.7. The van der Waals surface area contributed by atoms with Crippen LogP contribution in [0.2, 0.25) is 0 Å². The molecule has 0 spiro atoms. The molecule has 1 fully saturated rings. The molecule has 1 aliphatic heterocycles. The molecule has 0 aliphatic carbocycles. The van der Waals surface area contributed by atoms with E-state index in [1.807, 2.05) is 37.3 Å². The predicted octanol–water partition coefficient (Wildman–Crippen LogP) is 2.51. The number of rotatable bonds is 4. The molecule has 2 atom stereocenters. The van der Waals surface area contributed by atoms with Gasteiger partial charge in [-0.15, -0.1) is 11.6 Å². The molecule has 106 valence electrons. The molecule has 1 aromatic rings. The third-order valence-corrected chi connectivity index (χ3v) is 6.14. The van der Waals surface area contributed by atoms with Crippen molar-refractivity contribution in [3.8, 4) is 0 Å². The molecule has 0 radical (unpaired) electrons. The molecule has 0 saturated carbocycles. The molecule has 19 heavy (non-hydrogen) atoms. The number of alkyl halides is 1. The summed E-state index contributed by atoms with van der Waals surface area (Å²) in [6, 6.07) is 9.73. The van der Waals surface area contributed by atoms with Gasteiger partial charge in [-0.2, -0.15) is 0 Å². The standard InChI is InChI=1S/C14H20ClNO2S/c1-12-11-16(9-7-14(12)15)19(17,18)10-8-13-5-3-2-4-6-13/h2-6,12,14H,7-11H2,1H3. The number of hydrogen-bond donors (Lipinski definition) is 0. The lowest BCUT2D eigenvalue weighted by atomic mass is 10.0. The van der Waals surface area contributed by atoms with E-state index in [-0.39, 0.29) is 17.0 Å². The number of sulfonamides is 1. The van der Waals surface area contributed by atoms with E-state index < -0.39 is 10.0 Å². The van der Waals surface area contributed by atoms with Gasteiger partial charge in [-0.3, -0.25) is 0 Å². The van der Waals surface area contributed by atoms with E-state index in [0.717, 1.165) is 12.0 Å². The summed E-state index contributed by atoms with van der Waals surface area (Å²) in [5, 5.41) is 0.0978. The van der Waals surface area contributed by atoms with E-state index in [9.17, 15) is 8.42 Å². The third kappa shape index (κ3) is 3.94. The predicted molar refractivity (Wildman–Crippen MR) is 78.9 cm³/mol. The molecule has 1 heterocycles. The fraction of sp³-hybridized carbons (Fsp3) is 0.571. The Morgan fingerprint density at radius 2 is 2.00 bits per heavy atom. The van der Waals surface area contributed by atoms with Gasteiger partial charge in [-0.05, 0) is 24.3 Å². The van der Waals surface area contributed by atoms with E-state index in [2.05, 4.69) is 0 Å². The molecule has 1 aliphatic rings. The first kappa shape index (κ1) is 14.8. The van der Waals surface area contributed by atoms with Crippen LogP contribution in [0.3, 0.4) is 0 Å².